The molecule has 21 heavy (non-hydrogen) atoms. The van der Waals surface area contributed by atoms with Crippen molar-refractivity contribution in [1.82, 2.24) is 19.5 Å². The third-order valence-corrected chi connectivity index (χ3v) is 3.67. The van der Waals surface area contributed by atoms with Gasteiger partial charge in [-0.25, -0.2) is 9.97 Å². The van der Waals surface area contributed by atoms with Crippen LogP contribution < -0.4 is 0 Å². The van der Waals surface area contributed by atoms with Gasteiger partial charge in [0, 0.05) is 42.3 Å². The topological polar surface area (TPSA) is 46.5 Å². The molecule has 0 bridgehead atoms. The van der Waals surface area contributed by atoms with Gasteiger partial charge in [-0.15, -0.1) is 0 Å². The minimum absolute atomic E-state index is 0.809. The van der Waals surface area contributed by atoms with Gasteiger partial charge < -0.3 is 9.55 Å². The third kappa shape index (κ3) is 2.10. The van der Waals surface area contributed by atoms with Crippen LogP contribution in [0.5, 0.6) is 0 Å². The van der Waals surface area contributed by atoms with E-state index in [-0.39, 0.29) is 0 Å². The highest BCUT2D eigenvalue weighted by molar-refractivity contribution is 5.94. The van der Waals surface area contributed by atoms with Crippen molar-refractivity contribution in [2.24, 2.45) is 0 Å². The van der Waals surface area contributed by atoms with E-state index in [9.17, 15) is 0 Å². The first-order valence-corrected chi connectivity index (χ1v) is 6.88. The lowest BCUT2D eigenvalue weighted by atomic mass is 10.00. The average molecular weight is 274 g/mol. The van der Waals surface area contributed by atoms with E-state index in [0.717, 1.165) is 17.6 Å². The van der Waals surface area contributed by atoms with Crippen LogP contribution in [0.15, 0.2) is 67.5 Å². The highest BCUT2D eigenvalue weighted by Gasteiger charge is 2.10. The van der Waals surface area contributed by atoms with E-state index >= 15 is 0 Å². The number of nitrogens with zero attached hydrogens (tertiary/aromatic N) is 3. The fraction of sp³-hybridized carbons (Fsp3) is 0.0588. The average Bonchev–Trinajstić information content (AvgIpc) is 3.17. The molecule has 0 aliphatic heterocycles. The van der Waals surface area contributed by atoms with Crippen molar-refractivity contribution in [2.75, 3.05) is 0 Å². The summed E-state index contributed by atoms with van der Waals surface area (Å²) in [5.74, 6) is 0. The number of H-pyrrole nitrogens is 1. The largest absolute Gasteiger partial charge is 0.346 e. The molecule has 0 aliphatic carbocycles. The molecule has 0 radical (unpaired) electrons. The number of benzene rings is 1. The molecule has 0 amide bonds. The van der Waals surface area contributed by atoms with Crippen molar-refractivity contribution >= 4 is 11.0 Å². The fourth-order valence-corrected chi connectivity index (χ4v) is 2.68. The van der Waals surface area contributed by atoms with Crippen LogP contribution in [0.2, 0.25) is 0 Å². The first-order valence-electron chi connectivity index (χ1n) is 6.88. The first-order chi connectivity index (χ1) is 10.4. The molecule has 0 unspecified atom stereocenters. The Bertz CT molecular complexity index is 875. The molecule has 0 saturated heterocycles. The van der Waals surface area contributed by atoms with Crippen molar-refractivity contribution < 1.29 is 0 Å². The zero-order valence-corrected chi connectivity index (χ0v) is 11.4. The maximum Gasteiger partial charge on any atom is 0.137 e. The molecule has 0 saturated carbocycles. The number of aromatic nitrogens is 4. The summed E-state index contributed by atoms with van der Waals surface area (Å²) < 4.78 is 2.08. The molecule has 4 aromatic rings. The number of aromatic amines is 1. The molecule has 0 fully saturated rings. The van der Waals surface area contributed by atoms with Gasteiger partial charge in [0.15, 0.2) is 0 Å². The minimum Gasteiger partial charge on any atom is -0.346 e. The van der Waals surface area contributed by atoms with Crippen LogP contribution in [0, 0.1) is 0 Å². The highest BCUT2D eigenvalue weighted by Crippen LogP contribution is 2.30. The van der Waals surface area contributed by atoms with Crippen molar-refractivity contribution in [3.05, 3.63) is 73.1 Å². The number of hydrogen-bond donors (Lipinski definition) is 1. The summed E-state index contributed by atoms with van der Waals surface area (Å²) in [6.45, 7) is 0.809. The predicted octanol–water partition coefficient (Wildman–Crippen LogP) is 3.47. The van der Waals surface area contributed by atoms with Gasteiger partial charge in [-0.2, -0.15) is 0 Å². The summed E-state index contributed by atoms with van der Waals surface area (Å²) >= 11 is 0. The Morgan fingerprint density at radius 1 is 1.00 bits per heavy atom. The summed E-state index contributed by atoms with van der Waals surface area (Å²) in [7, 11) is 0. The lowest BCUT2D eigenvalue weighted by Gasteiger charge is -2.09. The summed E-state index contributed by atoms with van der Waals surface area (Å²) in [5.41, 5.74) is 4.60. The van der Waals surface area contributed by atoms with Crippen LogP contribution in [0.25, 0.3) is 22.2 Å². The molecule has 1 N–H and O–H groups in total. The Morgan fingerprint density at radius 3 is 2.86 bits per heavy atom. The van der Waals surface area contributed by atoms with Crippen LogP contribution >= 0.6 is 0 Å². The Hall–Kier alpha value is -2.88. The van der Waals surface area contributed by atoms with Gasteiger partial charge in [0.1, 0.15) is 5.65 Å². The Labute approximate surface area is 122 Å². The Morgan fingerprint density at radius 2 is 1.95 bits per heavy atom. The monoisotopic (exact) mass is 274 g/mol. The number of nitrogens with one attached hydrogen (secondary N) is 1. The van der Waals surface area contributed by atoms with Crippen LogP contribution in [0.1, 0.15) is 5.56 Å². The third-order valence-electron chi connectivity index (χ3n) is 3.67. The summed E-state index contributed by atoms with van der Waals surface area (Å²) in [6.07, 6.45) is 9.46. The maximum absolute atomic E-state index is 4.36. The maximum atomic E-state index is 4.36. The van der Waals surface area contributed by atoms with E-state index in [1.54, 1.807) is 12.4 Å². The SMILES string of the molecule is c1ccc(-c2c[nH]c3ncccc23)c(Cn2ccnc2)c1. The molecule has 4 nitrogen and oxygen atoms in total. The molecule has 4 rings (SSSR count). The number of fused-ring (bicyclic) bond motifs is 1. The van der Waals surface area contributed by atoms with E-state index in [1.807, 2.05) is 24.8 Å². The quantitative estimate of drug-likeness (QED) is 0.621. The van der Waals surface area contributed by atoms with E-state index in [4.69, 9.17) is 0 Å². The molecule has 102 valence electrons. The van der Waals surface area contributed by atoms with Crippen LogP contribution in [-0.2, 0) is 6.54 Å². The molecule has 3 heterocycles. The summed E-state index contributed by atoms with van der Waals surface area (Å²) in [6, 6.07) is 12.5. The lowest BCUT2D eigenvalue weighted by Crippen LogP contribution is -1.98. The van der Waals surface area contributed by atoms with Crippen molar-refractivity contribution in [3.8, 4) is 11.1 Å². The van der Waals surface area contributed by atoms with Crippen LogP contribution in [-0.4, -0.2) is 19.5 Å². The predicted molar refractivity (Wildman–Crippen MR) is 82.9 cm³/mol. The smallest absolute Gasteiger partial charge is 0.137 e. The standard InChI is InChI=1S/C17H14N4/c1-2-5-14(13(4-1)11-21-9-8-18-12-21)16-10-20-17-15(16)6-3-7-19-17/h1-10,12H,11H2,(H,19,20). The van der Waals surface area contributed by atoms with Gasteiger partial charge in [-0.3, -0.25) is 0 Å². The van der Waals surface area contributed by atoms with Crippen LogP contribution in [0.3, 0.4) is 0 Å². The van der Waals surface area contributed by atoms with Gasteiger partial charge in [0.05, 0.1) is 6.33 Å². The van der Waals surface area contributed by atoms with Crippen molar-refractivity contribution in [1.29, 1.82) is 0 Å². The molecular weight excluding hydrogens is 260 g/mol. The zero-order valence-electron chi connectivity index (χ0n) is 11.4. The molecule has 1 aromatic carbocycles. The lowest BCUT2D eigenvalue weighted by molar-refractivity contribution is 0.799. The van der Waals surface area contributed by atoms with E-state index in [0.29, 0.717) is 0 Å². The van der Waals surface area contributed by atoms with Crippen molar-refractivity contribution in [3.63, 3.8) is 0 Å². The summed E-state index contributed by atoms with van der Waals surface area (Å²) in [4.78, 5) is 11.7. The molecule has 3 aromatic heterocycles. The normalized spacial score (nSPS) is 11.0. The Balaban J connectivity index is 1.85. The Kier molecular flexibility index (Phi) is 2.78. The fourth-order valence-electron chi connectivity index (χ4n) is 2.68. The van der Waals surface area contributed by atoms with E-state index < -0.39 is 0 Å². The van der Waals surface area contributed by atoms with Gasteiger partial charge in [-0.1, -0.05) is 24.3 Å². The van der Waals surface area contributed by atoms with E-state index in [1.165, 1.54) is 16.7 Å². The minimum atomic E-state index is 0.809. The van der Waals surface area contributed by atoms with Crippen LogP contribution in [0.4, 0.5) is 0 Å². The van der Waals surface area contributed by atoms with Gasteiger partial charge >= 0.3 is 0 Å². The van der Waals surface area contributed by atoms with Crippen molar-refractivity contribution in [2.45, 2.75) is 6.54 Å². The second-order valence-corrected chi connectivity index (χ2v) is 4.99. The molecule has 4 heteroatoms. The first kappa shape index (κ1) is 11.9. The number of pyridine rings is 1. The second-order valence-electron chi connectivity index (χ2n) is 4.99. The van der Waals surface area contributed by atoms with Gasteiger partial charge in [0.25, 0.3) is 0 Å². The van der Waals surface area contributed by atoms with Gasteiger partial charge in [0.2, 0.25) is 0 Å². The molecule has 0 spiro atoms. The number of imidazole rings is 1. The van der Waals surface area contributed by atoms with E-state index in [2.05, 4.69) is 49.9 Å². The van der Waals surface area contributed by atoms with Gasteiger partial charge in [-0.05, 0) is 23.3 Å². The summed E-state index contributed by atoms with van der Waals surface area (Å²) in [5, 5.41) is 1.15. The molecule has 0 atom stereocenters. The molecular formula is C17H14N4. The number of hydrogen-bond acceptors (Lipinski definition) is 2. The highest BCUT2D eigenvalue weighted by atomic mass is 15.0. The zero-order chi connectivity index (χ0) is 14.1. The molecule has 0 aliphatic rings. The second kappa shape index (κ2) is 4.90. The number of rotatable bonds is 3.